The van der Waals surface area contributed by atoms with Crippen LogP contribution in [0.25, 0.3) is 32.9 Å². The number of rotatable bonds is 8. The maximum atomic E-state index is 16.3. The fourth-order valence-electron chi connectivity index (χ4n) is 8.01. The molecule has 14 heteroatoms. The van der Waals surface area contributed by atoms with E-state index in [1.54, 1.807) is 36.5 Å². The minimum Gasteiger partial charge on any atom is -0.399 e. The Morgan fingerprint density at radius 3 is 2.61 bits per heavy atom. The Hall–Kier alpha value is -4.93. The van der Waals surface area contributed by atoms with Gasteiger partial charge in [-0.05, 0) is 94.2 Å². The van der Waals surface area contributed by atoms with Crippen molar-refractivity contribution in [3.8, 4) is 17.2 Å². The number of nitrogens with two attached hydrogens (primary N) is 2. The third kappa shape index (κ3) is 8.27. The lowest BCUT2D eigenvalue weighted by atomic mass is 9.87. The lowest BCUT2D eigenvalue weighted by Gasteiger charge is -2.24. The number of aromatic amines is 1. The molecule has 5 fully saturated rings. The summed E-state index contributed by atoms with van der Waals surface area (Å²) < 4.78 is 17.8. The van der Waals surface area contributed by atoms with Gasteiger partial charge in [-0.1, -0.05) is 41.4 Å². The van der Waals surface area contributed by atoms with Crippen molar-refractivity contribution in [1.82, 2.24) is 30.2 Å². The highest BCUT2D eigenvalue weighted by Gasteiger charge is 2.39. The van der Waals surface area contributed by atoms with Gasteiger partial charge in [-0.15, -0.1) is 0 Å². The van der Waals surface area contributed by atoms with Crippen molar-refractivity contribution in [1.29, 1.82) is 5.26 Å². The van der Waals surface area contributed by atoms with Crippen molar-refractivity contribution in [3.63, 3.8) is 0 Å². The fourth-order valence-corrected chi connectivity index (χ4v) is 8.41. The second-order valence-corrected chi connectivity index (χ2v) is 15.8. The van der Waals surface area contributed by atoms with Crippen LogP contribution in [-0.4, -0.2) is 44.5 Å². The van der Waals surface area contributed by atoms with Crippen LogP contribution in [0.3, 0.4) is 0 Å². The number of carbonyl (C=O) groups excluding carboxylic acids is 1. The number of hydrogen-bond donors (Lipinski definition) is 5. The molecule has 11 nitrogen and oxygen atoms in total. The molecule has 5 aliphatic rings. The van der Waals surface area contributed by atoms with Crippen LogP contribution >= 0.6 is 23.2 Å². The number of fused-ring (bicyclic) bond motifs is 4. The van der Waals surface area contributed by atoms with E-state index >= 15 is 4.39 Å². The average Bonchev–Trinajstić information content (AvgIpc) is 3.57. The van der Waals surface area contributed by atoms with Gasteiger partial charge in [0.25, 0.3) is 5.56 Å². The van der Waals surface area contributed by atoms with Crippen LogP contribution in [0, 0.1) is 35.9 Å². The van der Waals surface area contributed by atoms with E-state index in [9.17, 15) is 14.9 Å². The number of carbonyl (C=O) groups is 1. The Labute approximate surface area is 334 Å². The first kappa shape index (κ1) is 39.3. The van der Waals surface area contributed by atoms with E-state index in [1.807, 2.05) is 17.9 Å². The summed E-state index contributed by atoms with van der Waals surface area (Å²) in [5, 5.41) is 14.8. The van der Waals surface area contributed by atoms with Gasteiger partial charge >= 0.3 is 0 Å². The van der Waals surface area contributed by atoms with Crippen LogP contribution in [0.1, 0.15) is 67.9 Å². The SMILES string of the molecule is C1NC2CC1C2.Cc1nc2c(F)c(-c3cccc(Cl)c3Cl)c(CCC#N)cc2c2[nH]c(C3CCCN3C(=O)C3CC3)cc12.NN/C=C(\N)Cn1ccccc1=O. The molecular weight excluding hydrogens is 752 g/mol. The number of hydrogen-bond acceptors (Lipinski definition) is 8. The van der Waals surface area contributed by atoms with Gasteiger partial charge in [-0.3, -0.25) is 15.4 Å². The predicted molar refractivity (Wildman–Crippen MR) is 219 cm³/mol. The predicted octanol–water partition coefficient (Wildman–Crippen LogP) is 7.15. The van der Waals surface area contributed by atoms with Gasteiger partial charge in [-0.2, -0.15) is 5.26 Å². The summed E-state index contributed by atoms with van der Waals surface area (Å²) in [4.78, 5) is 34.3. The molecule has 3 aliphatic heterocycles. The maximum Gasteiger partial charge on any atom is 0.250 e. The molecule has 7 N–H and O–H groups in total. The zero-order valence-corrected chi connectivity index (χ0v) is 32.8. The molecule has 3 aromatic heterocycles. The van der Waals surface area contributed by atoms with Gasteiger partial charge in [-0.25, -0.2) is 9.37 Å². The third-order valence-corrected chi connectivity index (χ3v) is 11.9. The van der Waals surface area contributed by atoms with Crippen LogP contribution in [-0.2, 0) is 17.8 Å². The highest BCUT2D eigenvalue weighted by Crippen LogP contribution is 2.43. The molecule has 0 spiro atoms. The number of allylic oxidation sites excluding steroid dienone is 1. The number of pyridine rings is 2. The zero-order chi connectivity index (χ0) is 39.5. The molecule has 3 saturated heterocycles. The minimum absolute atomic E-state index is 0.0117. The largest absolute Gasteiger partial charge is 0.399 e. The average molecular weight is 799 g/mol. The van der Waals surface area contributed by atoms with Crippen LogP contribution in [0.2, 0.25) is 10.0 Å². The lowest BCUT2D eigenvalue weighted by Crippen LogP contribution is -2.31. The van der Waals surface area contributed by atoms with E-state index in [0.29, 0.717) is 51.5 Å². The monoisotopic (exact) mass is 797 g/mol. The summed E-state index contributed by atoms with van der Waals surface area (Å²) in [6, 6.07) is 17.1. The van der Waals surface area contributed by atoms with Gasteiger partial charge in [0.2, 0.25) is 5.91 Å². The summed E-state index contributed by atoms with van der Waals surface area (Å²) in [6.07, 6.45) is 10.5. The number of nitriles is 1. The Morgan fingerprint density at radius 1 is 1.14 bits per heavy atom. The summed E-state index contributed by atoms with van der Waals surface area (Å²) in [7, 11) is 0. The van der Waals surface area contributed by atoms with E-state index in [4.69, 9.17) is 34.8 Å². The standard InChI is InChI=1S/C29H25Cl2FN4O.C8H12N4O.C5H9N/c1-15-19-14-22(23-8-4-12-36(23)29(37)16-9-10-16)35-27(19)20-13-17(5-3-11-33)24(26(32)28(20)34-15)18-6-2-7-21(30)25(18)31;9-7(5-11-10)6-12-4-2-1-3-8(12)13;1-4-2-5(1)6-3-4/h2,6-7,13-14,16,23,35H,3-5,8-10,12H2,1H3;1-5,11H,6,9-10H2;4-6H,1-3H2/b;7-5-;. The Bertz CT molecular complexity index is 2380. The molecule has 1 atom stereocenters. The topological polar surface area (TPSA) is 171 Å². The smallest absolute Gasteiger partial charge is 0.250 e. The number of aryl methyl sites for hydroxylation is 2. The normalized spacial score (nSPS) is 19.8. The Kier molecular flexibility index (Phi) is 12.0. The first-order chi connectivity index (χ1) is 27.1. The molecule has 0 radical (unpaired) electrons. The minimum atomic E-state index is -0.484. The first-order valence-corrected chi connectivity index (χ1v) is 19.9. The molecule has 292 valence electrons. The molecule has 2 aliphatic carbocycles. The summed E-state index contributed by atoms with van der Waals surface area (Å²) in [6.45, 7) is 4.29. The molecule has 6 heterocycles. The summed E-state index contributed by atoms with van der Waals surface area (Å²) >= 11 is 12.8. The number of halogens is 3. The molecule has 2 bridgehead atoms. The molecule has 2 saturated carbocycles. The first-order valence-electron chi connectivity index (χ1n) is 19.1. The highest BCUT2D eigenvalue weighted by atomic mass is 35.5. The van der Waals surface area contributed by atoms with Crippen molar-refractivity contribution < 1.29 is 9.18 Å². The van der Waals surface area contributed by atoms with Crippen molar-refractivity contribution >= 4 is 50.9 Å². The van der Waals surface area contributed by atoms with Gasteiger partial charge in [0, 0.05) is 82.4 Å². The number of nitrogens with one attached hydrogen (secondary N) is 3. The molecule has 5 aromatic rings. The Balaban J connectivity index is 0.000000206. The van der Waals surface area contributed by atoms with Gasteiger partial charge in [0.15, 0.2) is 5.82 Å². The number of H-pyrrole nitrogens is 1. The van der Waals surface area contributed by atoms with Crippen molar-refractivity contribution in [2.75, 3.05) is 13.1 Å². The van der Waals surface area contributed by atoms with Crippen LogP contribution in [0.4, 0.5) is 4.39 Å². The number of likely N-dealkylation sites (tertiary alicyclic amines) is 1. The number of hydrazine groups is 1. The molecule has 2 aromatic carbocycles. The number of nitrogens with zero attached hydrogens (tertiary/aromatic N) is 4. The van der Waals surface area contributed by atoms with Crippen LogP contribution in [0.15, 0.2) is 71.4 Å². The van der Waals surface area contributed by atoms with E-state index in [-0.39, 0.29) is 40.4 Å². The van der Waals surface area contributed by atoms with Crippen LogP contribution < -0.4 is 27.9 Å². The maximum absolute atomic E-state index is 16.3. The van der Waals surface area contributed by atoms with E-state index in [1.165, 1.54) is 36.2 Å². The molecular formula is C42H46Cl2FN9O2. The lowest BCUT2D eigenvalue weighted by molar-refractivity contribution is -0.133. The van der Waals surface area contributed by atoms with Crippen molar-refractivity contribution in [2.45, 2.75) is 76.9 Å². The second kappa shape index (κ2) is 17.1. The van der Waals surface area contributed by atoms with Crippen molar-refractivity contribution in [3.05, 3.63) is 110 Å². The summed E-state index contributed by atoms with van der Waals surface area (Å²) in [5.74, 6) is 6.04. The molecule has 1 unspecified atom stereocenters. The second-order valence-electron chi connectivity index (χ2n) is 15.1. The highest BCUT2D eigenvalue weighted by molar-refractivity contribution is 6.43. The van der Waals surface area contributed by atoms with Crippen molar-refractivity contribution in [2.24, 2.45) is 23.4 Å². The Morgan fingerprint density at radius 2 is 1.95 bits per heavy atom. The number of amides is 1. The molecule has 10 rings (SSSR count). The zero-order valence-electron chi connectivity index (χ0n) is 31.3. The molecule has 56 heavy (non-hydrogen) atoms. The molecule has 1 amide bonds. The quantitative estimate of drug-likeness (QED) is 0.0815. The fraction of sp³-hybridized carbons (Fsp3) is 0.381. The van der Waals surface area contributed by atoms with E-state index in [2.05, 4.69) is 32.8 Å². The van der Waals surface area contributed by atoms with Gasteiger partial charge < -0.3 is 30.9 Å². The summed E-state index contributed by atoms with van der Waals surface area (Å²) in [5.41, 5.74) is 12.4. The van der Waals surface area contributed by atoms with E-state index in [0.717, 1.165) is 60.8 Å². The van der Waals surface area contributed by atoms with E-state index < -0.39 is 5.82 Å². The number of benzene rings is 2. The van der Waals surface area contributed by atoms with Gasteiger partial charge in [0.1, 0.15) is 5.52 Å². The number of aromatic nitrogens is 3. The van der Waals surface area contributed by atoms with Crippen LogP contribution in [0.5, 0.6) is 0 Å². The third-order valence-electron chi connectivity index (χ3n) is 11.1. The van der Waals surface area contributed by atoms with Gasteiger partial charge in [0.05, 0.1) is 34.2 Å².